The highest BCUT2D eigenvalue weighted by Crippen LogP contribution is 2.36. The molecule has 0 aromatic heterocycles. The molecule has 0 saturated carbocycles. The van der Waals surface area contributed by atoms with Gasteiger partial charge < -0.3 is 10.1 Å². The summed E-state index contributed by atoms with van der Waals surface area (Å²) in [6.45, 7) is 6.61. The number of benzene rings is 1. The lowest BCUT2D eigenvalue weighted by Crippen LogP contribution is -2.27. The molecule has 0 atom stereocenters. The van der Waals surface area contributed by atoms with Crippen LogP contribution in [0.3, 0.4) is 0 Å². The first-order valence-electron chi connectivity index (χ1n) is 6.14. The molecule has 0 saturated heterocycles. The minimum atomic E-state index is -4.33. The summed E-state index contributed by atoms with van der Waals surface area (Å²) in [6.07, 6.45) is 0. The zero-order valence-corrected chi connectivity index (χ0v) is 12.3. The van der Waals surface area contributed by atoms with E-state index >= 15 is 0 Å². The average Bonchev–Trinajstić information content (AvgIpc) is 2.36. The number of ether oxygens (including phenoxy) is 1. The summed E-state index contributed by atoms with van der Waals surface area (Å²) >= 11 is -0.212. The Balaban J connectivity index is 2.39. The Morgan fingerprint density at radius 2 is 1.95 bits per heavy atom. The summed E-state index contributed by atoms with van der Waals surface area (Å²) in [4.78, 5) is 11.8. The fourth-order valence-electron chi connectivity index (χ4n) is 1.39. The van der Waals surface area contributed by atoms with Gasteiger partial charge in [0.2, 0.25) is 0 Å². The van der Waals surface area contributed by atoms with Gasteiger partial charge in [0.25, 0.3) is 5.91 Å². The number of hydrogen-bond donors (Lipinski definition) is 1. The van der Waals surface area contributed by atoms with E-state index in [2.05, 4.69) is 11.9 Å². The van der Waals surface area contributed by atoms with Crippen molar-refractivity contribution >= 4 is 17.7 Å². The van der Waals surface area contributed by atoms with Crippen LogP contribution < -0.4 is 5.32 Å². The molecule has 0 unspecified atom stereocenters. The van der Waals surface area contributed by atoms with E-state index < -0.39 is 5.51 Å². The molecule has 0 aliphatic carbocycles. The Kier molecular flexibility index (Phi) is 6.77. The summed E-state index contributed by atoms with van der Waals surface area (Å²) < 4.78 is 41.7. The number of hydrogen-bond acceptors (Lipinski definition) is 3. The first-order valence-corrected chi connectivity index (χ1v) is 6.96. The lowest BCUT2D eigenvalue weighted by atomic mass is 10.2. The van der Waals surface area contributed by atoms with Crippen molar-refractivity contribution in [2.24, 2.45) is 0 Å². The molecule has 1 aromatic carbocycles. The van der Waals surface area contributed by atoms with Crippen molar-refractivity contribution in [1.82, 2.24) is 5.32 Å². The normalized spacial score (nSPS) is 11.2. The molecule has 116 valence electrons. The third-order valence-electron chi connectivity index (χ3n) is 2.23. The van der Waals surface area contributed by atoms with Crippen LogP contribution in [0.2, 0.25) is 0 Å². The van der Waals surface area contributed by atoms with Crippen molar-refractivity contribution in [1.29, 1.82) is 0 Å². The Labute approximate surface area is 125 Å². The lowest BCUT2D eigenvalue weighted by Gasteiger charge is -2.08. The topological polar surface area (TPSA) is 38.3 Å². The van der Waals surface area contributed by atoms with Crippen molar-refractivity contribution in [3.63, 3.8) is 0 Å². The highest BCUT2D eigenvalue weighted by Gasteiger charge is 2.29. The molecule has 0 aliphatic heterocycles. The number of amides is 1. The first-order chi connectivity index (χ1) is 9.78. The van der Waals surface area contributed by atoms with Gasteiger partial charge in [-0.15, -0.1) is 0 Å². The number of carbonyl (C=O) groups excluding carboxylic acids is 1. The maximum atomic E-state index is 12.2. The smallest absolute Gasteiger partial charge is 0.375 e. The predicted molar refractivity (Wildman–Crippen MR) is 76.3 cm³/mol. The summed E-state index contributed by atoms with van der Waals surface area (Å²) in [5, 5.41) is 2.62. The van der Waals surface area contributed by atoms with Gasteiger partial charge in [0.05, 0.1) is 13.2 Å². The summed E-state index contributed by atoms with van der Waals surface area (Å²) in [5.41, 5.74) is -3.13. The van der Waals surface area contributed by atoms with Gasteiger partial charge >= 0.3 is 5.51 Å². The molecule has 1 rings (SSSR count). The van der Waals surface area contributed by atoms with Crippen LogP contribution in [0.4, 0.5) is 13.2 Å². The monoisotopic (exact) mass is 319 g/mol. The second-order valence-electron chi connectivity index (χ2n) is 4.34. The van der Waals surface area contributed by atoms with Crippen molar-refractivity contribution in [3.05, 3.63) is 42.0 Å². The van der Waals surface area contributed by atoms with Crippen LogP contribution in [0.25, 0.3) is 0 Å². The van der Waals surface area contributed by atoms with E-state index in [0.29, 0.717) is 25.3 Å². The van der Waals surface area contributed by atoms with Crippen molar-refractivity contribution in [3.8, 4) is 0 Å². The summed E-state index contributed by atoms with van der Waals surface area (Å²) in [7, 11) is 0. The van der Waals surface area contributed by atoms with E-state index in [-0.39, 0.29) is 22.6 Å². The molecule has 0 bridgehead atoms. The molecular weight excluding hydrogens is 303 g/mol. The van der Waals surface area contributed by atoms with Gasteiger partial charge in [0.1, 0.15) is 0 Å². The molecule has 3 nitrogen and oxygen atoms in total. The highest BCUT2D eigenvalue weighted by molar-refractivity contribution is 8.00. The fourth-order valence-corrected chi connectivity index (χ4v) is 1.93. The minimum Gasteiger partial charge on any atom is -0.375 e. The average molecular weight is 319 g/mol. The molecular formula is C14H16F3NO2S. The van der Waals surface area contributed by atoms with Gasteiger partial charge in [-0.05, 0) is 43.0 Å². The molecule has 7 heteroatoms. The maximum Gasteiger partial charge on any atom is 0.446 e. The molecule has 21 heavy (non-hydrogen) atoms. The molecule has 1 N–H and O–H groups in total. The SMILES string of the molecule is C=C(C)COCCNC(=O)c1ccc(SC(F)(F)F)cc1. The molecule has 0 fully saturated rings. The maximum absolute atomic E-state index is 12.2. The van der Waals surface area contributed by atoms with Crippen LogP contribution >= 0.6 is 11.8 Å². The van der Waals surface area contributed by atoms with E-state index in [1.165, 1.54) is 24.3 Å². The first kappa shape index (κ1) is 17.6. The van der Waals surface area contributed by atoms with Crippen molar-refractivity contribution in [2.75, 3.05) is 19.8 Å². The molecule has 1 amide bonds. The largest absolute Gasteiger partial charge is 0.446 e. The van der Waals surface area contributed by atoms with E-state index in [4.69, 9.17) is 4.74 Å². The Hall–Kier alpha value is -1.47. The second-order valence-corrected chi connectivity index (χ2v) is 5.48. The highest BCUT2D eigenvalue weighted by atomic mass is 32.2. The third kappa shape index (κ3) is 7.77. The quantitative estimate of drug-likeness (QED) is 0.474. The van der Waals surface area contributed by atoms with E-state index in [1.54, 1.807) is 0 Å². The van der Waals surface area contributed by atoms with Crippen molar-refractivity contribution in [2.45, 2.75) is 17.3 Å². The number of nitrogens with one attached hydrogen (secondary N) is 1. The van der Waals surface area contributed by atoms with Crippen LogP contribution in [-0.2, 0) is 4.74 Å². The third-order valence-corrected chi connectivity index (χ3v) is 2.97. The van der Waals surface area contributed by atoms with Gasteiger partial charge in [0.15, 0.2) is 0 Å². The summed E-state index contributed by atoms with van der Waals surface area (Å²) in [5.74, 6) is -0.350. The van der Waals surface area contributed by atoms with Gasteiger partial charge in [-0.3, -0.25) is 4.79 Å². The molecule has 0 radical (unpaired) electrons. The fraction of sp³-hybridized carbons (Fsp3) is 0.357. The molecule has 0 heterocycles. The Morgan fingerprint density at radius 3 is 2.48 bits per heavy atom. The molecule has 1 aromatic rings. The number of carbonyl (C=O) groups is 1. The van der Waals surface area contributed by atoms with Gasteiger partial charge in [-0.1, -0.05) is 12.2 Å². The van der Waals surface area contributed by atoms with Crippen LogP contribution in [0.5, 0.6) is 0 Å². The predicted octanol–water partition coefficient (Wildman–Crippen LogP) is 3.62. The number of rotatable bonds is 7. The zero-order chi connectivity index (χ0) is 15.9. The van der Waals surface area contributed by atoms with Gasteiger partial charge in [0, 0.05) is 17.0 Å². The molecule has 0 aliphatic rings. The number of alkyl halides is 3. The van der Waals surface area contributed by atoms with E-state index in [9.17, 15) is 18.0 Å². The second kappa shape index (κ2) is 8.09. The minimum absolute atomic E-state index is 0.0452. The van der Waals surface area contributed by atoms with Crippen LogP contribution in [-0.4, -0.2) is 31.2 Å². The summed E-state index contributed by atoms with van der Waals surface area (Å²) in [6, 6.07) is 5.26. The van der Waals surface area contributed by atoms with Gasteiger partial charge in [-0.2, -0.15) is 13.2 Å². The van der Waals surface area contributed by atoms with Crippen LogP contribution in [0.15, 0.2) is 41.3 Å². The zero-order valence-electron chi connectivity index (χ0n) is 11.5. The number of halogens is 3. The Morgan fingerprint density at radius 1 is 1.33 bits per heavy atom. The Bertz CT molecular complexity index is 486. The van der Waals surface area contributed by atoms with E-state index in [1.807, 2.05) is 6.92 Å². The van der Waals surface area contributed by atoms with Crippen LogP contribution in [0.1, 0.15) is 17.3 Å². The van der Waals surface area contributed by atoms with Crippen LogP contribution in [0, 0.1) is 0 Å². The van der Waals surface area contributed by atoms with Gasteiger partial charge in [-0.25, -0.2) is 0 Å². The lowest BCUT2D eigenvalue weighted by molar-refractivity contribution is -0.0328. The van der Waals surface area contributed by atoms with E-state index in [0.717, 1.165) is 5.57 Å². The van der Waals surface area contributed by atoms with Crippen molar-refractivity contribution < 1.29 is 22.7 Å². The standard InChI is InChI=1S/C14H16F3NO2S/c1-10(2)9-20-8-7-18-13(19)11-3-5-12(6-4-11)21-14(15,16)17/h3-6H,1,7-9H2,2H3,(H,18,19). The molecule has 0 spiro atoms. The number of thioether (sulfide) groups is 1.